The monoisotopic (exact) mass is 304 g/mol. The van der Waals surface area contributed by atoms with Crippen LogP contribution in [0.4, 0.5) is 11.4 Å². The number of carbonyl (C=O) groups is 1. The molecule has 0 radical (unpaired) electrons. The summed E-state index contributed by atoms with van der Waals surface area (Å²) in [4.78, 5) is 12.6. The highest BCUT2D eigenvalue weighted by Crippen LogP contribution is 2.33. The largest absolute Gasteiger partial charge is 0.382 e. The summed E-state index contributed by atoms with van der Waals surface area (Å²) >= 11 is 3.32. The molecule has 0 bridgehead atoms. The molecule has 1 atom stereocenters. The van der Waals surface area contributed by atoms with Gasteiger partial charge in [-0.15, -0.1) is 11.8 Å². The van der Waals surface area contributed by atoms with Crippen LogP contribution in [-0.4, -0.2) is 17.7 Å². The van der Waals surface area contributed by atoms with Crippen LogP contribution in [0.3, 0.4) is 0 Å². The van der Waals surface area contributed by atoms with Crippen molar-refractivity contribution >= 4 is 40.4 Å². The molecule has 0 aliphatic carbocycles. The SMILES string of the molecule is C[C@H](Cc1ccsc1)Nc1ccc2c(c1)NC(=O)CS2. The minimum Gasteiger partial charge on any atom is -0.382 e. The van der Waals surface area contributed by atoms with Crippen LogP contribution in [0.5, 0.6) is 0 Å². The summed E-state index contributed by atoms with van der Waals surface area (Å²) in [6.07, 6.45) is 1.00. The van der Waals surface area contributed by atoms with Crippen LogP contribution in [0.1, 0.15) is 12.5 Å². The number of anilines is 2. The minimum atomic E-state index is 0.0750. The van der Waals surface area contributed by atoms with Gasteiger partial charge in [0.25, 0.3) is 0 Å². The Morgan fingerprint density at radius 2 is 2.30 bits per heavy atom. The summed E-state index contributed by atoms with van der Waals surface area (Å²) in [6.45, 7) is 2.17. The molecule has 3 nitrogen and oxygen atoms in total. The molecule has 20 heavy (non-hydrogen) atoms. The van der Waals surface area contributed by atoms with Gasteiger partial charge in [-0.2, -0.15) is 11.3 Å². The van der Waals surface area contributed by atoms with E-state index in [0.717, 1.165) is 22.7 Å². The van der Waals surface area contributed by atoms with Crippen molar-refractivity contribution in [3.63, 3.8) is 0 Å². The average Bonchev–Trinajstić information content (AvgIpc) is 2.91. The van der Waals surface area contributed by atoms with Crippen molar-refractivity contribution in [2.45, 2.75) is 24.3 Å². The smallest absolute Gasteiger partial charge is 0.234 e. The lowest BCUT2D eigenvalue weighted by Gasteiger charge is -2.19. The van der Waals surface area contributed by atoms with Gasteiger partial charge in [-0.1, -0.05) is 0 Å². The average molecular weight is 304 g/mol. The van der Waals surface area contributed by atoms with E-state index in [9.17, 15) is 4.79 Å². The van der Waals surface area contributed by atoms with E-state index in [1.807, 2.05) is 6.07 Å². The number of fused-ring (bicyclic) bond motifs is 1. The molecule has 0 fully saturated rings. The Balaban J connectivity index is 1.68. The second kappa shape index (κ2) is 5.89. The molecule has 0 unspecified atom stereocenters. The lowest BCUT2D eigenvalue weighted by atomic mass is 10.1. The number of benzene rings is 1. The Hall–Kier alpha value is -1.46. The summed E-state index contributed by atoms with van der Waals surface area (Å²) in [6, 6.07) is 8.68. The Morgan fingerprint density at radius 3 is 3.10 bits per heavy atom. The first-order valence-electron chi connectivity index (χ1n) is 6.55. The van der Waals surface area contributed by atoms with Crippen LogP contribution >= 0.6 is 23.1 Å². The summed E-state index contributed by atoms with van der Waals surface area (Å²) in [5, 5.41) is 10.7. The molecule has 1 amide bonds. The zero-order valence-electron chi connectivity index (χ0n) is 11.2. The molecule has 1 aliphatic heterocycles. The zero-order chi connectivity index (χ0) is 13.9. The maximum atomic E-state index is 11.4. The predicted molar refractivity (Wildman–Crippen MR) is 86.9 cm³/mol. The summed E-state index contributed by atoms with van der Waals surface area (Å²) in [5.74, 6) is 0.583. The molecule has 0 saturated carbocycles. The van der Waals surface area contributed by atoms with Gasteiger partial charge in [0, 0.05) is 16.6 Å². The highest BCUT2D eigenvalue weighted by molar-refractivity contribution is 8.00. The quantitative estimate of drug-likeness (QED) is 0.902. The van der Waals surface area contributed by atoms with E-state index >= 15 is 0 Å². The molecule has 1 aromatic heterocycles. The number of hydrogen-bond acceptors (Lipinski definition) is 4. The maximum absolute atomic E-state index is 11.4. The molecule has 2 heterocycles. The molecule has 3 rings (SSSR count). The standard InChI is InChI=1S/C15H16N2OS2/c1-10(6-11-4-5-19-8-11)16-12-2-3-14-13(7-12)17-15(18)9-20-14/h2-5,7-8,10,16H,6,9H2,1H3,(H,17,18)/t10-/m1/s1. The van der Waals surface area contributed by atoms with E-state index in [-0.39, 0.29) is 5.91 Å². The van der Waals surface area contributed by atoms with Crippen molar-refractivity contribution in [2.24, 2.45) is 0 Å². The lowest BCUT2D eigenvalue weighted by Crippen LogP contribution is -2.20. The first-order chi connectivity index (χ1) is 9.70. The first-order valence-corrected chi connectivity index (χ1v) is 8.48. The third kappa shape index (κ3) is 3.16. The second-order valence-corrected chi connectivity index (χ2v) is 6.73. The second-order valence-electron chi connectivity index (χ2n) is 4.93. The summed E-state index contributed by atoms with van der Waals surface area (Å²) < 4.78 is 0. The molecule has 1 aliphatic rings. The Labute approximate surface area is 126 Å². The maximum Gasteiger partial charge on any atom is 0.234 e. The van der Waals surface area contributed by atoms with Gasteiger partial charge < -0.3 is 10.6 Å². The topological polar surface area (TPSA) is 41.1 Å². The number of amides is 1. The van der Waals surface area contributed by atoms with E-state index in [1.54, 1.807) is 23.1 Å². The van der Waals surface area contributed by atoms with Gasteiger partial charge in [-0.3, -0.25) is 4.79 Å². The van der Waals surface area contributed by atoms with E-state index < -0.39 is 0 Å². The van der Waals surface area contributed by atoms with Crippen molar-refractivity contribution in [3.8, 4) is 0 Å². The van der Waals surface area contributed by atoms with Crippen molar-refractivity contribution < 1.29 is 4.79 Å². The fourth-order valence-corrected chi connectivity index (χ4v) is 3.74. The highest BCUT2D eigenvalue weighted by atomic mass is 32.2. The lowest BCUT2D eigenvalue weighted by molar-refractivity contribution is -0.113. The predicted octanol–water partition coefficient (Wildman–Crippen LogP) is 3.84. The molecule has 1 aromatic carbocycles. The van der Waals surface area contributed by atoms with Crippen molar-refractivity contribution in [2.75, 3.05) is 16.4 Å². The third-order valence-electron chi connectivity index (χ3n) is 3.15. The highest BCUT2D eigenvalue weighted by Gasteiger charge is 2.15. The Bertz CT molecular complexity index is 610. The first kappa shape index (κ1) is 13.5. The molecular weight excluding hydrogens is 288 g/mol. The van der Waals surface area contributed by atoms with Crippen LogP contribution < -0.4 is 10.6 Å². The van der Waals surface area contributed by atoms with Crippen molar-refractivity contribution in [1.82, 2.24) is 0 Å². The number of hydrogen-bond donors (Lipinski definition) is 2. The van der Waals surface area contributed by atoms with Gasteiger partial charge in [-0.05, 0) is 53.9 Å². The summed E-state index contributed by atoms with van der Waals surface area (Å²) in [5.41, 5.74) is 3.32. The van der Waals surface area contributed by atoms with Crippen LogP contribution in [0.2, 0.25) is 0 Å². The zero-order valence-corrected chi connectivity index (χ0v) is 12.8. The van der Waals surface area contributed by atoms with Crippen molar-refractivity contribution in [1.29, 1.82) is 0 Å². The molecular formula is C15H16N2OS2. The van der Waals surface area contributed by atoms with Gasteiger partial charge in [-0.25, -0.2) is 0 Å². The van der Waals surface area contributed by atoms with E-state index in [0.29, 0.717) is 11.8 Å². The van der Waals surface area contributed by atoms with Crippen LogP contribution in [0.25, 0.3) is 0 Å². The van der Waals surface area contributed by atoms with Gasteiger partial charge in [0.2, 0.25) is 5.91 Å². The molecule has 5 heteroatoms. The van der Waals surface area contributed by atoms with E-state index in [2.05, 4.69) is 46.5 Å². The normalized spacial score (nSPS) is 15.3. The fourth-order valence-electron chi connectivity index (χ4n) is 2.27. The van der Waals surface area contributed by atoms with Gasteiger partial charge >= 0.3 is 0 Å². The number of nitrogens with one attached hydrogen (secondary N) is 2. The van der Waals surface area contributed by atoms with Crippen LogP contribution in [0.15, 0.2) is 39.9 Å². The third-order valence-corrected chi connectivity index (χ3v) is 4.95. The van der Waals surface area contributed by atoms with Crippen molar-refractivity contribution in [3.05, 3.63) is 40.6 Å². The number of carbonyl (C=O) groups excluding carboxylic acids is 1. The number of thiophene rings is 1. The Kier molecular flexibility index (Phi) is 3.98. The van der Waals surface area contributed by atoms with Crippen LogP contribution in [-0.2, 0) is 11.2 Å². The molecule has 104 valence electrons. The summed E-state index contributed by atoms with van der Waals surface area (Å²) in [7, 11) is 0. The van der Waals surface area contributed by atoms with Gasteiger partial charge in [0.1, 0.15) is 0 Å². The molecule has 2 N–H and O–H groups in total. The fraction of sp³-hybridized carbons (Fsp3) is 0.267. The minimum absolute atomic E-state index is 0.0750. The number of thioether (sulfide) groups is 1. The number of rotatable bonds is 4. The Morgan fingerprint density at radius 1 is 1.40 bits per heavy atom. The van der Waals surface area contributed by atoms with Gasteiger partial charge in [0.15, 0.2) is 0 Å². The van der Waals surface area contributed by atoms with Gasteiger partial charge in [0.05, 0.1) is 11.4 Å². The molecule has 2 aromatic rings. The van der Waals surface area contributed by atoms with Crippen LogP contribution in [0, 0.1) is 0 Å². The van der Waals surface area contributed by atoms with E-state index in [1.165, 1.54) is 5.56 Å². The van der Waals surface area contributed by atoms with E-state index in [4.69, 9.17) is 0 Å². The molecule has 0 spiro atoms. The molecule has 0 saturated heterocycles.